The molecule has 1 saturated heterocycles. The highest BCUT2D eigenvalue weighted by molar-refractivity contribution is 7.90. The van der Waals surface area contributed by atoms with Crippen molar-refractivity contribution in [1.82, 2.24) is 24.4 Å². The van der Waals surface area contributed by atoms with Crippen molar-refractivity contribution < 1.29 is 13.2 Å². The van der Waals surface area contributed by atoms with E-state index in [9.17, 15) is 8.42 Å². The van der Waals surface area contributed by atoms with Crippen LogP contribution in [0.5, 0.6) is 0 Å². The van der Waals surface area contributed by atoms with Crippen LogP contribution in [-0.2, 0) is 14.6 Å². The maximum atomic E-state index is 11.7. The van der Waals surface area contributed by atoms with Crippen molar-refractivity contribution in [1.29, 1.82) is 0 Å². The predicted octanol–water partition coefficient (Wildman–Crippen LogP) is 3.09. The molecule has 1 N–H and O–H groups in total. The minimum absolute atomic E-state index is 0.286. The van der Waals surface area contributed by atoms with Gasteiger partial charge in [-0.25, -0.2) is 12.9 Å². The lowest BCUT2D eigenvalue weighted by atomic mass is 10.1. The fourth-order valence-corrected chi connectivity index (χ4v) is 4.38. The second-order valence-electron chi connectivity index (χ2n) is 7.60. The standard InChI is InChI=1S/C21H22N6O3S/c1-31(28,29)18-6-4-15(5-7-18)19-3-2-10-26-20(19)24-21(25-26)23-16-13-22-27(14-16)17-8-11-30-12-9-17/h2-7,10,13-14,17H,8-9,11-12H2,1H3,(H,23,25). The third-order valence-electron chi connectivity index (χ3n) is 5.38. The molecule has 0 spiro atoms. The van der Waals surface area contributed by atoms with Gasteiger partial charge in [0.2, 0.25) is 5.95 Å². The van der Waals surface area contributed by atoms with Crippen LogP contribution in [0, 0.1) is 0 Å². The van der Waals surface area contributed by atoms with Crippen molar-refractivity contribution in [3.05, 3.63) is 55.0 Å². The van der Waals surface area contributed by atoms with Crippen LogP contribution in [0.1, 0.15) is 18.9 Å². The Balaban J connectivity index is 1.41. The minimum atomic E-state index is -3.24. The molecule has 1 fully saturated rings. The fourth-order valence-electron chi connectivity index (χ4n) is 3.75. The summed E-state index contributed by atoms with van der Waals surface area (Å²) in [5.41, 5.74) is 3.22. The summed E-state index contributed by atoms with van der Waals surface area (Å²) in [5.74, 6) is 0.465. The molecule has 3 aromatic heterocycles. The predicted molar refractivity (Wildman–Crippen MR) is 116 cm³/mol. The van der Waals surface area contributed by atoms with E-state index in [4.69, 9.17) is 4.74 Å². The number of aromatic nitrogens is 5. The summed E-state index contributed by atoms with van der Waals surface area (Å²) >= 11 is 0. The first-order valence-corrected chi connectivity index (χ1v) is 11.9. The molecule has 0 saturated carbocycles. The summed E-state index contributed by atoms with van der Waals surface area (Å²) in [4.78, 5) is 4.93. The third kappa shape index (κ3) is 4.04. The van der Waals surface area contributed by atoms with Gasteiger partial charge in [-0.05, 0) is 42.7 Å². The van der Waals surface area contributed by atoms with Crippen molar-refractivity contribution in [2.45, 2.75) is 23.8 Å². The monoisotopic (exact) mass is 438 g/mol. The molecule has 0 bridgehead atoms. The zero-order valence-electron chi connectivity index (χ0n) is 17.0. The highest BCUT2D eigenvalue weighted by Gasteiger charge is 2.17. The molecule has 1 aliphatic heterocycles. The van der Waals surface area contributed by atoms with Crippen molar-refractivity contribution in [2.24, 2.45) is 0 Å². The maximum absolute atomic E-state index is 11.7. The smallest absolute Gasteiger partial charge is 0.247 e. The van der Waals surface area contributed by atoms with E-state index in [1.165, 1.54) is 6.26 Å². The zero-order valence-corrected chi connectivity index (χ0v) is 17.8. The highest BCUT2D eigenvalue weighted by Crippen LogP contribution is 2.27. The average Bonchev–Trinajstić information content (AvgIpc) is 3.40. The summed E-state index contributed by atoms with van der Waals surface area (Å²) in [6, 6.07) is 10.9. The van der Waals surface area contributed by atoms with E-state index < -0.39 is 9.84 Å². The normalized spacial score (nSPS) is 15.4. The number of pyridine rings is 1. The Morgan fingerprint density at radius 2 is 1.90 bits per heavy atom. The molecule has 0 radical (unpaired) electrons. The molecule has 10 heteroatoms. The molecule has 4 aromatic rings. The van der Waals surface area contributed by atoms with Crippen molar-refractivity contribution in [3.8, 4) is 11.1 Å². The molecule has 9 nitrogen and oxygen atoms in total. The highest BCUT2D eigenvalue weighted by atomic mass is 32.2. The first-order chi connectivity index (χ1) is 15.0. The van der Waals surface area contributed by atoms with E-state index in [-0.39, 0.29) is 4.90 Å². The summed E-state index contributed by atoms with van der Waals surface area (Å²) in [7, 11) is -3.24. The number of hydrogen-bond donors (Lipinski definition) is 1. The molecule has 31 heavy (non-hydrogen) atoms. The average molecular weight is 439 g/mol. The van der Waals surface area contributed by atoms with Crippen molar-refractivity contribution in [3.63, 3.8) is 0 Å². The SMILES string of the molecule is CS(=O)(=O)c1ccc(-c2cccn3nc(Nc4cnn(C5CCOCC5)c4)nc23)cc1. The van der Waals surface area contributed by atoms with E-state index in [0.29, 0.717) is 17.6 Å². The number of fused-ring (bicyclic) bond motifs is 1. The molecule has 4 heterocycles. The van der Waals surface area contributed by atoms with Gasteiger partial charge >= 0.3 is 0 Å². The fraction of sp³-hybridized carbons (Fsp3) is 0.286. The van der Waals surface area contributed by atoms with E-state index in [1.54, 1.807) is 35.0 Å². The summed E-state index contributed by atoms with van der Waals surface area (Å²) < 4.78 is 32.5. The van der Waals surface area contributed by atoms with Gasteiger partial charge in [-0.1, -0.05) is 12.1 Å². The van der Waals surface area contributed by atoms with Crippen molar-refractivity contribution >= 4 is 27.1 Å². The largest absolute Gasteiger partial charge is 0.381 e. The third-order valence-corrected chi connectivity index (χ3v) is 6.51. The molecule has 0 amide bonds. The van der Waals surface area contributed by atoms with Crippen molar-refractivity contribution in [2.75, 3.05) is 24.8 Å². The molecule has 1 aromatic carbocycles. The molecule has 5 rings (SSSR count). The van der Waals surface area contributed by atoms with E-state index in [0.717, 1.165) is 42.9 Å². The lowest BCUT2D eigenvalue weighted by molar-refractivity contribution is 0.0662. The number of ether oxygens (including phenoxy) is 1. The lowest BCUT2D eigenvalue weighted by Crippen LogP contribution is -2.19. The van der Waals surface area contributed by atoms with Gasteiger partial charge in [0.1, 0.15) is 0 Å². The van der Waals surface area contributed by atoms with Crippen LogP contribution in [0.4, 0.5) is 11.6 Å². The number of sulfone groups is 1. The Bertz CT molecular complexity index is 1320. The minimum Gasteiger partial charge on any atom is -0.381 e. The Morgan fingerprint density at radius 3 is 2.65 bits per heavy atom. The first kappa shape index (κ1) is 19.7. The molecular formula is C21H22N6O3S. The van der Waals surface area contributed by atoms with Gasteiger partial charge < -0.3 is 10.1 Å². The van der Waals surface area contributed by atoms with Crippen LogP contribution in [0.3, 0.4) is 0 Å². The maximum Gasteiger partial charge on any atom is 0.247 e. The molecule has 0 unspecified atom stereocenters. The van der Waals surface area contributed by atoms with Gasteiger partial charge in [-0.15, -0.1) is 5.10 Å². The van der Waals surface area contributed by atoms with Crippen LogP contribution in [-0.4, -0.2) is 52.3 Å². The Morgan fingerprint density at radius 1 is 1.13 bits per heavy atom. The Labute approximate surface area is 179 Å². The van der Waals surface area contributed by atoms with Gasteiger partial charge in [-0.3, -0.25) is 4.68 Å². The topological polar surface area (TPSA) is 103 Å². The number of rotatable bonds is 5. The van der Waals surface area contributed by atoms with Gasteiger partial charge in [0.25, 0.3) is 0 Å². The quantitative estimate of drug-likeness (QED) is 0.511. The number of nitrogens with one attached hydrogen (secondary N) is 1. The van der Waals surface area contributed by atoms with Crippen LogP contribution >= 0.6 is 0 Å². The summed E-state index contributed by atoms with van der Waals surface area (Å²) in [5, 5.41) is 12.2. The number of hydrogen-bond acceptors (Lipinski definition) is 7. The molecule has 1 aliphatic rings. The van der Waals surface area contributed by atoms with Crippen LogP contribution in [0.2, 0.25) is 0 Å². The molecule has 0 aliphatic carbocycles. The first-order valence-electron chi connectivity index (χ1n) is 10.0. The lowest BCUT2D eigenvalue weighted by Gasteiger charge is -2.22. The van der Waals surface area contributed by atoms with Crippen LogP contribution in [0.15, 0.2) is 59.9 Å². The van der Waals surface area contributed by atoms with Gasteiger partial charge in [0.15, 0.2) is 15.5 Å². The Kier molecular flexibility index (Phi) is 4.95. The summed E-state index contributed by atoms with van der Waals surface area (Å²) in [6.07, 6.45) is 8.67. The zero-order chi connectivity index (χ0) is 21.4. The van der Waals surface area contributed by atoms with Gasteiger partial charge in [-0.2, -0.15) is 10.1 Å². The Hall–Kier alpha value is -3.24. The van der Waals surface area contributed by atoms with E-state index in [1.807, 2.05) is 29.2 Å². The number of anilines is 2. The van der Waals surface area contributed by atoms with E-state index >= 15 is 0 Å². The summed E-state index contributed by atoms with van der Waals surface area (Å²) in [6.45, 7) is 1.52. The molecule has 0 atom stereocenters. The number of benzene rings is 1. The van der Waals surface area contributed by atoms with Gasteiger partial charge in [0, 0.05) is 37.4 Å². The second kappa shape index (κ2) is 7.78. The molecular weight excluding hydrogens is 416 g/mol. The number of nitrogens with zero attached hydrogens (tertiary/aromatic N) is 5. The van der Waals surface area contributed by atoms with Crippen LogP contribution in [0.25, 0.3) is 16.8 Å². The second-order valence-corrected chi connectivity index (χ2v) is 9.62. The van der Waals surface area contributed by atoms with Crippen LogP contribution < -0.4 is 5.32 Å². The van der Waals surface area contributed by atoms with E-state index in [2.05, 4.69) is 20.5 Å². The van der Waals surface area contributed by atoms with Gasteiger partial charge in [0.05, 0.1) is 22.8 Å². The molecule has 160 valence electrons.